The number of rotatable bonds is 4. The molecule has 1 aliphatic rings. The molecule has 1 heterocycles. The highest BCUT2D eigenvalue weighted by molar-refractivity contribution is 6.21. The van der Waals surface area contributed by atoms with Crippen LogP contribution in [-0.4, -0.2) is 29.8 Å². The summed E-state index contributed by atoms with van der Waals surface area (Å²) in [7, 11) is 0. The van der Waals surface area contributed by atoms with E-state index in [9.17, 15) is 9.59 Å². The molecule has 20 heavy (non-hydrogen) atoms. The second-order valence-corrected chi connectivity index (χ2v) is 6.44. The van der Waals surface area contributed by atoms with Crippen molar-refractivity contribution < 1.29 is 9.59 Å². The Kier molecular flexibility index (Phi) is 3.84. The fraction of sp³-hybridized carbons (Fsp3) is 0.500. The van der Waals surface area contributed by atoms with Gasteiger partial charge in [-0.15, -0.1) is 0 Å². The second-order valence-electron chi connectivity index (χ2n) is 6.44. The van der Waals surface area contributed by atoms with Crippen LogP contribution in [0.5, 0.6) is 0 Å². The van der Waals surface area contributed by atoms with Crippen LogP contribution in [0.2, 0.25) is 0 Å². The molecule has 0 fully saturated rings. The van der Waals surface area contributed by atoms with Crippen LogP contribution < -0.4 is 5.32 Å². The first-order valence-electron chi connectivity index (χ1n) is 7.07. The SMILES string of the molecule is CCCN1C(=O)c2ccc(NCC(C)(C)C)cc2C1=O. The molecule has 1 aromatic rings. The van der Waals surface area contributed by atoms with Crippen LogP contribution in [0.1, 0.15) is 54.8 Å². The number of benzene rings is 1. The second kappa shape index (κ2) is 5.27. The summed E-state index contributed by atoms with van der Waals surface area (Å²) in [4.78, 5) is 25.7. The molecule has 4 nitrogen and oxygen atoms in total. The van der Waals surface area contributed by atoms with Crippen LogP contribution in [0.3, 0.4) is 0 Å². The van der Waals surface area contributed by atoms with E-state index in [0.29, 0.717) is 17.7 Å². The smallest absolute Gasteiger partial charge is 0.261 e. The van der Waals surface area contributed by atoms with Gasteiger partial charge in [-0.1, -0.05) is 27.7 Å². The van der Waals surface area contributed by atoms with Gasteiger partial charge in [0.2, 0.25) is 0 Å². The highest BCUT2D eigenvalue weighted by Gasteiger charge is 2.34. The molecular weight excluding hydrogens is 252 g/mol. The van der Waals surface area contributed by atoms with Crippen molar-refractivity contribution in [2.75, 3.05) is 18.4 Å². The van der Waals surface area contributed by atoms with Gasteiger partial charge in [-0.05, 0) is 30.0 Å². The Labute approximate surface area is 120 Å². The first-order chi connectivity index (χ1) is 9.33. The average Bonchev–Trinajstić information content (AvgIpc) is 2.61. The highest BCUT2D eigenvalue weighted by Crippen LogP contribution is 2.26. The molecular formula is C16H22N2O2. The van der Waals surface area contributed by atoms with Gasteiger partial charge in [0.15, 0.2) is 0 Å². The lowest BCUT2D eigenvalue weighted by atomic mass is 9.97. The molecule has 1 N–H and O–H groups in total. The van der Waals surface area contributed by atoms with Crippen molar-refractivity contribution >= 4 is 17.5 Å². The molecule has 0 atom stereocenters. The molecule has 4 heteroatoms. The predicted octanol–water partition coefficient (Wildman–Crippen LogP) is 3.15. The summed E-state index contributed by atoms with van der Waals surface area (Å²) in [6.07, 6.45) is 0.778. The summed E-state index contributed by atoms with van der Waals surface area (Å²) >= 11 is 0. The van der Waals surface area contributed by atoms with Crippen LogP contribution in [0, 0.1) is 5.41 Å². The van der Waals surface area contributed by atoms with E-state index in [4.69, 9.17) is 0 Å². The zero-order chi connectivity index (χ0) is 14.9. The van der Waals surface area contributed by atoms with E-state index in [1.807, 2.05) is 13.0 Å². The zero-order valence-corrected chi connectivity index (χ0v) is 12.6. The van der Waals surface area contributed by atoms with Gasteiger partial charge in [-0.3, -0.25) is 14.5 Å². The molecule has 0 aromatic heterocycles. The number of carbonyl (C=O) groups is 2. The van der Waals surface area contributed by atoms with Gasteiger partial charge in [-0.25, -0.2) is 0 Å². The molecule has 0 radical (unpaired) electrons. The lowest BCUT2D eigenvalue weighted by Gasteiger charge is -2.19. The van der Waals surface area contributed by atoms with E-state index in [-0.39, 0.29) is 17.2 Å². The Bertz CT molecular complexity index is 544. The summed E-state index contributed by atoms with van der Waals surface area (Å²) in [5.74, 6) is -0.347. The molecule has 0 aliphatic carbocycles. The number of nitrogens with zero attached hydrogens (tertiary/aromatic N) is 1. The van der Waals surface area contributed by atoms with Crippen LogP contribution in [-0.2, 0) is 0 Å². The van der Waals surface area contributed by atoms with E-state index in [1.54, 1.807) is 12.1 Å². The van der Waals surface area contributed by atoms with Gasteiger partial charge in [0.25, 0.3) is 11.8 Å². The standard InChI is InChI=1S/C16H22N2O2/c1-5-8-18-14(19)12-7-6-11(9-13(12)15(18)20)17-10-16(2,3)4/h6-7,9,17H,5,8,10H2,1-4H3. The summed E-state index contributed by atoms with van der Waals surface area (Å²) in [5, 5.41) is 3.31. The van der Waals surface area contributed by atoms with Crippen molar-refractivity contribution in [3.63, 3.8) is 0 Å². The molecule has 1 aliphatic heterocycles. The molecule has 0 unspecified atom stereocenters. The minimum Gasteiger partial charge on any atom is -0.384 e. The fourth-order valence-electron chi connectivity index (χ4n) is 2.19. The minimum atomic E-state index is -0.175. The molecule has 0 saturated carbocycles. The van der Waals surface area contributed by atoms with Crippen LogP contribution in [0.15, 0.2) is 18.2 Å². The quantitative estimate of drug-likeness (QED) is 0.858. The monoisotopic (exact) mass is 274 g/mol. The Morgan fingerprint density at radius 3 is 2.35 bits per heavy atom. The lowest BCUT2D eigenvalue weighted by molar-refractivity contribution is 0.0654. The van der Waals surface area contributed by atoms with Crippen LogP contribution in [0.25, 0.3) is 0 Å². The third kappa shape index (κ3) is 2.84. The van der Waals surface area contributed by atoms with E-state index < -0.39 is 0 Å². The van der Waals surface area contributed by atoms with E-state index in [0.717, 1.165) is 18.7 Å². The normalized spacial score (nSPS) is 14.7. The molecule has 1 aromatic carbocycles. The van der Waals surface area contributed by atoms with Crippen molar-refractivity contribution in [3.8, 4) is 0 Å². The molecule has 108 valence electrons. The maximum atomic E-state index is 12.2. The number of carbonyl (C=O) groups excluding carboxylic acids is 2. The number of imide groups is 1. The third-order valence-electron chi connectivity index (χ3n) is 3.24. The van der Waals surface area contributed by atoms with Crippen molar-refractivity contribution in [2.24, 2.45) is 5.41 Å². The topological polar surface area (TPSA) is 49.4 Å². The average molecular weight is 274 g/mol. The van der Waals surface area contributed by atoms with Gasteiger partial charge in [-0.2, -0.15) is 0 Å². The van der Waals surface area contributed by atoms with Gasteiger partial charge in [0, 0.05) is 18.8 Å². The third-order valence-corrected chi connectivity index (χ3v) is 3.24. The fourth-order valence-corrected chi connectivity index (χ4v) is 2.19. The summed E-state index contributed by atoms with van der Waals surface area (Å²) in [6.45, 7) is 9.69. The van der Waals surface area contributed by atoms with Crippen LogP contribution >= 0.6 is 0 Å². The Morgan fingerprint density at radius 2 is 1.75 bits per heavy atom. The predicted molar refractivity (Wildman–Crippen MR) is 80.0 cm³/mol. The summed E-state index contributed by atoms with van der Waals surface area (Å²) in [5.41, 5.74) is 2.08. The molecule has 0 spiro atoms. The zero-order valence-electron chi connectivity index (χ0n) is 12.6. The van der Waals surface area contributed by atoms with Gasteiger partial charge in [0.1, 0.15) is 0 Å². The maximum absolute atomic E-state index is 12.2. The largest absolute Gasteiger partial charge is 0.384 e. The Hall–Kier alpha value is -1.84. The molecule has 2 amide bonds. The first-order valence-corrected chi connectivity index (χ1v) is 7.07. The highest BCUT2D eigenvalue weighted by atomic mass is 16.2. The summed E-state index contributed by atoms with van der Waals surface area (Å²) < 4.78 is 0. The number of anilines is 1. The van der Waals surface area contributed by atoms with E-state index >= 15 is 0 Å². The minimum absolute atomic E-state index is 0.160. The Morgan fingerprint density at radius 1 is 1.10 bits per heavy atom. The number of hydrogen-bond donors (Lipinski definition) is 1. The molecule has 2 rings (SSSR count). The number of nitrogens with one attached hydrogen (secondary N) is 1. The maximum Gasteiger partial charge on any atom is 0.261 e. The molecule has 0 bridgehead atoms. The van der Waals surface area contributed by atoms with Gasteiger partial charge < -0.3 is 5.32 Å². The van der Waals surface area contributed by atoms with Gasteiger partial charge in [0.05, 0.1) is 11.1 Å². The first kappa shape index (κ1) is 14.6. The van der Waals surface area contributed by atoms with Crippen LogP contribution in [0.4, 0.5) is 5.69 Å². The Balaban J connectivity index is 2.22. The van der Waals surface area contributed by atoms with Gasteiger partial charge >= 0.3 is 0 Å². The van der Waals surface area contributed by atoms with Crippen molar-refractivity contribution in [2.45, 2.75) is 34.1 Å². The lowest BCUT2D eigenvalue weighted by Crippen LogP contribution is -2.30. The molecule has 0 saturated heterocycles. The van der Waals surface area contributed by atoms with E-state index in [2.05, 4.69) is 26.1 Å². The van der Waals surface area contributed by atoms with Crippen molar-refractivity contribution in [3.05, 3.63) is 29.3 Å². The van der Waals surface area contributed by atoms with Crippen molar-refractivity contribution in [1.82, 2.24) is 4.90 Å². The van der Waals surface area contributed by atoms with E-state index in [1.165, 1.54) is 4.90 Å². The van der Waals surface area contributed by atoms with Crippen molar-refractivity contribution in [1.29, 1.82) is 0 Å². The summed E-state index contributed by atoms with van der Waals surface area (Å²) in [6, 6.07) is 5.40. The number of amides is 2. The number of fused-ring (bicyclic) bond motifs is 1. The number of hydrogen-bond acceptors (Lipinski definition) is 3.